The standard InChI is InChI=1S/C28H35N7O4S/c1-3-6-24-33-26(29)25-27(34-24)35(19-31-25)15-4-5-16-39-28(36)30-17-21-11-13-23(14-12-21)40(37,38)32-18-22-9-7-20(2)8-10-22/h7-14,19,32H,3-6,15-18H2,1-2H3,(H,30,36)(H2,29,33,34). The molecule has 0 saturated heterocycles. The van der Waals surface area contributed by atoms with Crippen LogP contribution in [0.5, 0.6) is 0 Å². The summed E-state index contributed by atoms with van der Waals surface area (Å²) in [7, 11) is -3.65. The van der Waals surface area contributed by atoms with Gasteiger partial charge in [0.1, 0.15) is 11.3 Å². The number of aryl methyl sites for hydroxylation is 3. The van der Waals surface area contributed by atoms with Gasteiger partial charge in [0.2, 0.25) is 10.0 Å². The van der Waals surface area contributed by atoms with Crippen molar-refractivity contribution in [1.82, 2.24) is 29.6 Å². The number of benzene rings is 2. The second kappa shape index (κ2) is 13.4. The highest BCUT2D eigenvalue weighted by atomic mass is 32.2. The number of sulfonamides is 1. The number of amides is 1. The molecule has 4 rings (SSSR count). The van der Waals surface area contributed by atoms with Crippen molar-refractivity contribution < 1.29 is 17.9 Å². The highest BCUT2D eigenvalue weighted by Crippen LogP contribution is 2.17. The lowest BCUT2D eigenvalue weighted by Crippen LogP contribution is -2.25. The summed E-state index contributed by atoms with van der Waals surface area (Å²) in [5, 5.41) is 2.69. The minimum Gasteiger partial charge on any atom is -0.450 e. The van der Waals surface area contributed by atoms with Crippen LogP contribution in [0.15, 0.2) is 59.8 Å². The smallest absolute Gasteiger partial charge is 0.407 e. The Morgan fingerprint density at radius 2 is 1.70 bits per heavy atom. The van der Waals surface area contributed by atoms with Gasteiger partial charge in [-0.3, -0.25) is 0 Å². The Bertz CT molecular complexity index is 1540. The van der Waals surface area contributed by atoms with Gasteiger partial charge in [-0.1, -0.05) is 48.9 Å². The Labute approximate surface area is 234 Å². The number of aromatic nitrogens is 4. The average molecular weight is 566 g/mol. The minimum atomic E-state index is -3.65. The molecule has 0 radical (unpaired) electrons. The normalized spacial score (nSPS) is 11.6. The van der Waals surface area contributed by atoms with Crippen LogP contribution >= 0.6 is 0 Å². The van der Waals surface area contributed by atoms with E-state index in [0.29, 0.717) is 30.1 Å². The van der Waals surface area contributed by atoms with E-state index in [2.05, 4.69) is 31.9 Å². The van der Waals surface area contributed by atoms with E-state index in [1.807, 2.05) is 35.8 Å². The minimum absolute atomic E-state index is 0.160. The number of carbonyl (C=O) groups is 1. The van der Waals surface area contributed by atoms with Gasteiger partial charge >= 0.3 is 6.09 Å². The molecule has 212 valence electrons. The van der Waals surface area contributed by atoms with Crippen LogP contribution in [0, 0.1) is 6.92 Å². The number of nitrogens with two attached hydrogens (primary N) is 1. The quantitative estimate of drug-likeness (QED) is 0.207. The van der Waals surface area contributed by atoms with Crippen LogP contribution in [-0.4, -0.2) is 40.6 Å². The van der Waals surface area contributed by atoms with E-state index in [1.165, 1.54) is 12.1 Å². The maximum atomic E-state index is 12.6. The predicted molar refractivity (Wildman–Crippen MR) is 153 cm³/mol. The van der Waals surface area contributed by atoms with Crippen LogP contribution in [0.1, 0.15) is 48.7 Å². The first-order chi connectivity index (χ1) is 19.2. The summed E-state index contributed by atoms with van der Waals surface area (Å²) in [5.74, 6) is 1.10. The number of fused-ring (bicyclic) bond motifs is 1. The summed E-state index contributed by atoms with van der Waals surface area (Å²) >= 11 is 0. The monoisotopic (exact) mass is 565 g/mol. The molecule has 12 heteroatoms. The largest absolute Gasteiger partial charge is 0.450 e. The van der Waals surface area contributed by atoms with Crippen LogP contribution in [0.4, 0.5) is 10.6 Å². The van der Waals surface area contributed by atoms with Crippen LogP contribution in [-0.2, 0) is 40.8 Å². The zero-order valence-corrected chi connectivity index (χ0v) is 23.6. The zero-order chi connectivity index (χ0) is 28.5. The molecule has 0 saturated carbocycles. The third-order valence-corrected chi connectivity index (χ3v) is 7.71. The molecule has 0 fully saturated rings. The van der Waals surface area contributed by atoms with Crippen LogP contribution in [0.25, 0.3) is 11.2 Å². The molecule has 40 heavy (non-hydrogen) atoms. The van der Waals surface area contributed by atoms with Crippen molar-refractivity contribution in [2.75, 3.05) is 12.3 Å². The summed E-state index contributed by atoms with van der Waals surface area (Å²) in [6.07, 6.45) is 4.28. The molecule has 0 aliphatic heterocycles. The number of alkyl carbamates (subject to hydrolysis) is 1. The predicted octanol–water partition coefficient (Wildman–Crippen LogP) is 3.85. The van der Waals surface area contributed by atoms with E-state index in [-0.39, 0.29) is 24.6 Å². The topological polar surface area (TPSA) is 154 Å². The molecule has 0 bridgehead atoms. The number of nitrogen functional groups attached to an aromatic ring is 1. The van der Waals surface area contributed by atoms with Crippen molar-refractivity contribution in [3.63, 3.8) is 0 Å². The molecule has 2 aromatic carbocycles. The van der Waals surface area contributed by atoms with Gasteiger partial charge in [0.15, 0.2) is 11.5 Å². The van der Waals surface area contributed by atoms with E-state index >= 15 is 0 Å². The molecule has 2 aromatic heterocycles. The Morgan fingerprint density at radius 3 is 2.42 bits per heavy atom. The van der Waals surface area contributed by atoms with Gasteiger partial charge < -0.3 is 20.4 Å². The average Bonchev–Trinajstić information content (AvgIpc) is 3.35. The number of unbranched alkanes of at least 4 members (excludes halogenated alkanes) is 1. The van der Waals surface area contributed by atoms with Gasteiger partial charge in [0.05, 0.1) is 17.8 Å². The molecule has 2 heterocycles. The maximum Gasteiger partial charge on any atom is 0.407 e. The fourth-order valence-electron chi connectivity index (χ4n) is 4.04. The van der Waals surface area contributed by atoms with Crippen molar-refractivity contribution in [2.45, 2.75) is 64.1 Å². The molecule has 4 N–H and O–H groups in total. The van der Waals surface area contributed by atoms with Gasteiger partial charge in [0, 0.05) is 26.1 Å². The summed E-state index contributed by atoms with van der Waals surface area (Å²) in [4.78, 5) is 25.5. The van der Waals surface area contributed by atoms with Gasteiger partial charge in [0.25, 0.3) is 0 Å². The lowest BCUT2D eigenvalue weighted by atomic mass is 10.2. The number of nitrogens with zero attached hydrogens (tertiary/aromatic N) is 4. The SMILES string of the molecule is CCCc1nc(N)c2ncn(CCCCOC(=O)NCc3ccc(S(=O)(=O)NCc4ccc(C)cc4)cc3)c2n1. The first-order valence-electron chi connectivity index (χ1n) is 13.3. The van der Waals surface area contributed by atoms with Gasteiger partial charge in [-0.25, -0.2) is 32.9 Å². The molecule has 1 amide bonds. The van der Waals surface area contributed by atoms with Crippen molar-refractivity contribution in [1.29, 1.82) is 0 Å². The Kier molecular flexibility index (Phi) is 9.67. The van der Waals surface area contributed by atoms with Crippen LogP contribution < -0.4 is 15.8 Å². The molecule has 0 atom stereocenters. The Balaban J connectivity index is 1.17. The van der Waals surface area contributed by atoms with Crippen molar-refractivity contribution in [2.24, 2.45) is 0 Å². The highest BCUT2D eigenvalue weighted by molar-refractivity contribution is 7.89. The first-order valence-corrected chi connectivity index (χ1v) is 14.8. The summed E-state index contributed by atoms with van der Waals surface area (Å²) in [6.45, 7) is 5.40. The lowest BCUT2D eigenvalue weighted by molar-refractivity contribution is 0.143. The molecule has 0 unspecified atom stereocenters. The zero-order valence-electron chi connectivity index (χ0n) is 22.8. The van der Waals surface area contributed by atoms with Crippen LogP contribution in [0.3, 0.4) is 0 Å². The highest BCUT2D eigenvalue weighted by Gasteiger charge is 2.14. The lowest BCUT2D eigenvalue weighted by Gasteiger charge is -2.10. The third-order valence-electron chi connectivity index (χ3n) is 6.29. The van der Waals surface area contributed by atoms with E-state index < -0.39 is 16.1 Å². The molecule has 0 aliphatic rings. The molecular formula is C28H35N7O4S. The second-order valence-corrected chi connectivity index (χ2v) is 11.3. The molecule has 0 spiro atoms. The summed E-state index contributed by atoms with van der Waals surface area (Å²) in [6, 6.07) is 14.0. The number of rotatable bonds is 13. The van der Waals surface area contributed by atoms with E-state index in [1.54, 1.807) is 18.5 Å². The molecule has 4 aromatic rings. The second-order valence-electron chi connectivity index (χ2n) is 9.54. The van der Waals surface area contributed by atoms with Crippen molar-refractivity contribution in [3.05, 3.63) is 77.4 Å². The Hall–Kier alpha value is -4.03. The number of carbonyl (C=O) groups excluding carboxylic acids is 1. The first kappa shape index (κ1) is 29.0. The number of hydrogen-bond acceptors (Lipinski definition) is 8. The van der Waals surface area contributed by atoms with E-state index in [0.717, 1.165) is 41.6 Å². The number of nitrogens with one attached hydrogen (secondary N) is 2. The summed E-state index contributed by atoms with van der Waals surface area (Å²) in [5.41, 5.74) is 10.1. The van der Waals surface area contributed by atoms with Crippen LogP contribution in [0.2, 0.25) is 0 Å². The molecule has 11 nitrogen and oxygen atoms in total. The van der Waals surface area contributed by atoms with Crippen molar-refractivity contribution >= 4 is 33.1 Å². The fraction of sp³-hybridized carbons (Fsp3) is 0.357. The molecule has 0 aliphatic carbocycles. The summed E-state index contributed by atoms with van der Waals surface area (Å²) < 4.78 is 35.0. The number of hydrogen-bond donors (Lipinski definition) is 3. The van der Waals surface area contributed by atoms with Gasteiger partial charge in [-0.05, 0) is 49.4 Å². The van der Waals surface area contributed by atoms with Gasteiger partial charge in [-0.15, -0.1) is 0 Å². The molecular weight excluding hydrogens is 530 g/mol. The third kappa shape index (κ3) is 7.76. The maximum absolute atomic E-state index is 12.6. The van der Waals surface area contributed by atoms with E-state index in [4.69, 9.17) is 10.5 Å². The number of imidazole rings is 1. The number of anilines is 1. The van der Waals surface area contributed by atoms with Gasteiger partial charge in [-0.2, -0.15) is 0 Å². The Morgan fingerprint density at radius 1 is 1.00 bits per heavy atom. The van der Waals surface area contributed by atoms with E-state index in [9.17, 15) is 13.2 Å². The fourth-order valence-corrected chi connectivity index (χ4v) is 5.06. The van der Waals surface area contributed by atoms with Crippen molar-refractivity contribution in [3.8, 4) is 0 Å². The number of ether oxygens (including phenoxy) is 1.